The van der Waals surface area contributed by atoms with E-state index in [0.717, 1.165) is 6.54 Å². The van der Waals surface area contributed by atoms with E-state index in [1.165, 1.54) is 25.0 Å². The Kier molecular flexibility index (Phi) is 5.32. The number of hydrogen-bond acceptors (Lipinski definition) is 1. The van der Waals surface area contributed by atoms with Crippen LogP contribution in [0.15, 0.2) is 12.2 Å². The first kappa shape index (κ1) is 9.70. The zero-order valence-electron chi connectivity index (χ0n) is 7.48. The lowest BCUT2D eigenvalue weighted by atomic mass is 10.1. The second-order valence-corrected chi connectivity index (χ2v) is 2.59. The number of hydrogen-bond donors (Lipinski definition) is 0. The second-order valence-electron chi connectivity index (χ2n) is 2.59. The lowest BCUT2D eigenvalue weighted by molar-refractivity contribution is 0.323. The largest absolute Gasteiger partial charge is 0.302 e. The highest BCUT2D eigenvalue weighted by Gasteiger charge is 2.06. The third-order valence-corrected chi connectivity index (χ3v) is 1.56. The fraction of sp³-hybridized carbons (Fsp3) is 0.778. The van der Waals surface area contributed by atoms with Gasteiger partial charge in [-0.1, -0.05) is 26.0 Å². The molecule has 0 aliphatic carbocycles. The molecule has 0 aromatic carbocycles. The minimum Gasteiger partial charge on any atom is -0.302 e. The molecule has 0 unspecified atom stereocenters. The summed E-state index contributed by atoms with van der Waals surface area (Å²) in [5, 5.41) is 0. The van der Waals surface area contributed by atoms with Gasteiger partial charge in [0.05, 0.1) is 0 Å². The van der Waals surface area contributed by atoms with Crippen LogP contribution >= 0.6 is 0 Å². The molecule has 10 heavy (non-hydrogen) atoms. The van der Waals surface area contributed by atoms with Gasteiger partial charge in [-0.25, -0.2) is 0 Å². The number of nitrogens with zero attached hydrogens (tertiary/aromatic N) is 1. The number of rotatable bonds is 0. The van der Waals surface area contributed by atoms with Crippen molar-refractivity contribution in [3.8, 4) is 0 Å². The predicted molar refractivity (Wildman–Crippen MR) is 47.2 cm³/mol. The van der Waals surface area contributed by atoms with Crippen molar-refractivity contribution < 1.29 is 0 Å². The first-order chi connectivity index (χ1) is 4.79. The van der Waals surface area contributed by atoms with Gasteiger partial charge in [0.1, 0.15) is 0 Å². The van der Waals surface area contributed by atoms with Crippen LogP contribution in [0.2, 0.25) is 0 Å². The van der Waals surface area contributed by atoms with Gasteiger partial charge in [-0.05, 0) is 26.4 Å². The van der Waals surface area contributed by atoms with Gasteiger partial charge in [0, 0.05) is 6.54 Å². The van der Waals surface area contributed by atoms with Crippen LogP contribution in [0.3, 0.4) is 0 Å². The molecule has 1 heteroatoms. The lowest BCUT2D eigenvalue weighted by Gasteiger charge is -2.23. The molecular weight excluding hydrogens is 122 g/mol. The zero-order chi connectivity index (χ0) is 7.98. The van der Waals surface area contributed by atoms with Crippen LogP contribution in [0, 0.1) is 0 Å². The SMILES string of the molecule is C=C1CCCN(C)C1.CC. The molecule has 1 heterocycles. The first-order valence-electron chi connectivity index (χ1n) is 4.14. The number of piperidine rings is 1. The Labute approximate surface area is 64.7 Å². The predicted octanol–water partition coefficient (Wildman–Crippen LogP) is 2.29. The summed E-state index contributed by atoms with van der Waals surface area (Å²) in [6, 6.07) is 0. The van der Waals surface area contributed by atoms with Crippen LogP contribution in [0.5, 0.6) is 0 Å². The zero-order valence-corrected chi connectivity index (χ0v) is 7.48. The molecule has 0 saturated carbocycles. The molecule has 0 amide bonds. The average Bonchev–Trinajstić information content (AvgIpc) is 1.91. The molecule has 0 spiro atoms. The van der Waals surface area contributed by atoms with Gasteiger partial charge >= 0.3 is 0 Å². The highest BCUT2D eigenvalue weighted by atomic mass is 15.1. The number of likely N-dealkylation sites (N-methyl/N-ethyl adjacent to an activating group) is 1. The second kappa shape index (κ2) is 5.48. The van der Waals surface area contributed by atoms with E-state index in [4.69, 9.17) is 0 Å². The Hall–Kier alpha value is -0.300. The third kappa shape index (κ3) is 3.67. The van der Waals surface area contributed by atoms with Gasteiger partial charge in [0.25, 0.3) is 0 Å². The van der Waals surface area contributed by atoms with Crippen molar-refractivity contribution >= 4 is 0 Å². The Balaban J connectivity index is 0.000000371. The molecule has 1 aliphatic rings. The third-order valence-electron chi connectivity index (χ3n) is 1.56. The summed E-state index contributed by atoms with van der Waals surface area (Å²) >= 11 is 0. The van der Waals surface area contributed by atoms with Crippen molar-refractivity contribution in [2.45, 2.75) is 26.7 Å². The minimum atomic E-state index is 1.11. The highest BCUT2D eigenvalue weighted by molar-refractivity contribution is 4.99. The molecule has 1 aliphatic heterocycles. The number of likely N-dealkylation sites (tertiary alicyclic amines) is 1. The molecular formula is C9H19N. The van der Waals surface area contributed by atoms with E-state index in [9.17, 15) is 0 Å². The van der Waals surface area contributed by atoms with E-state index in [2.05, 4.69) is 18.5 Å². The van der Waals surface area contributed by atoms with Crippen LogP contribution in [0.25, 0.3) is 0 Å². The van der Waals surface area contributed by atoms with Crippen molar-refractivity contribution in [2.75, 3.05) is 20.1 Å². The van der Waals surface area contributed by atoms with Gasteiger partial charge in [-0.15, -0.1) is 0 Å². The van der Waals surface area contributed by atoms with Crippen molar-refractivity contribution in [3.63, 3.8) is 0 Å². The Morgan fingerprint density at radius 2 is 2.00 bits per heavy atom. The van der Waals surface area contributed by atoms with E-state index in [1.807, 2.05) is 13.8 Å². The van der Waals surface area contributed by atoms with Crippen LogP contribution in [0.4, 0.5) is 0 Å². The maximum Gasteiger partial charge on any atom is 0.0187 e. The Morgan fingerprint density at radius 3 is 2.30 bits per heavy atom. The van der Waals surface area contributed by atoms with Gasteiger partial charge in [-0.2, -0.15) is 0 Å². The maximum atomic E-state index is 3.92. The average molecular weight is 141 g/mol. The Bertz CT molecular complexity index is 96.9. The smallest absolute Gasteiger partial charge is 0.0187 e. The van der Waals surface area contributed by atoms with Crippen molar-refractivity contribution in [3.05, 3.63) is 12.2 Å². The van der Waals surface area contributed by atoms with E-state index >= 15 is 0 Å². The molecule has 60 valence electrons. The molecule has 1 nitrogen and oxygen atoms in total. The standard InChI is InChI=1S/C7H13N.C2H6/c1-7-4-3-5-8(2)6-7;1-2/h1,3-6H2,2H3;1-2H3. The monoisotopic (exact) mass is 141 g/mol. The van der Waals surface area contributed by atoms with Crippen LogP contribution < -0.4 is 0 Å². The fourth-order valence-corrected chi connectivity index (χ4v) is 1.14. The summed E-state index contributed by atoms with van der Waals surface area (Å²) in [4.78, 5) is 2.31. The molecule has 0 radical (unpaired) electrons. The normalized spacial score (nSPS) is 19.7. The van der Waals surface area contributed by atoms with Crippen LogP contribution in [0.1, 0.15) is 26.7 Å². The summed E-state index contributed by atoms with van der Waals surface area (Å²) in [6.45, 7) is 10.3. The maximum absolute atomic E-state index is 3.92. The summed E-state index contributed by atoms with van der Waals surface area (Å²) < 4.78 is 0. The molecule has 1 saturated heterocycles. The summed E-state index contributed by atoms with van der Waals surface area (Å²) in [5.41, 5.74) is 1.39. The summed E-state index contributed by atoms with van der Waals surface area (Å²) in [7, 11) is 2.14. The first-order valence-corrected chi connectivity index (χ1v) is 4.14. The van der Waals surface area contributed by atoms with E-state index in [1.54, 1.807) is 0 Å². The molecule has 0 N–H and O–H groups in total. The topological polar surface area (TPSA) is 3.24 Å². The van der Waals surface area contributed by atoms with Crippen molar-refractivity contribution in [2.24, 2.45) is 0 Å². The molecule has 0 aromatic heterocycles. The molecule has 1 fully saturated rings. The molecule has 0 bridgehead atoms. The van der Waals surface area contributed by atoms with Crippen molar-refractivity contribution in [1.29, 1.82) is 0 Å². The van der Waals surface area contributed by atoms with Crippen LogP contribution in [-0.2, 0) is 0 Å². The Morgan fingerprint density at radius 1 is 1.40 bits per heavy atom. The minimum absolute atomic E-state index is 1.11. The van der Waals surface area contributed by atoms with Crippen LogP contribution in [-0.4, -0.2) is 25.0 Å². The van der Waals surface area contributed by atoms with Crippen molar-refractivity contribution in [1.82, 2.24) is 4.90 Å². The van der Waals surface area contributed by atoms with E-state index < -0.39 is 0 Å². The highest BCUT2D eigenvalue weighted by Crippen LogP contribution is 2.10. The van der Waals surface area contributed by atoms with Gasteiger partial charge in [0.15, 0.2) is 0 Å². The van der Waals surface area contributed by atoms with E-state index in [-0.39, 0.29) is 0 Å². The molecule has 1 rings (SSSR count). The van der Waals surface area contributed by atoms with E-state index in [0.29, 0.717) is 0 Å². The van der Waals surface area contributed by atoms with Gasteiger partial charge < -0.3 is 4.90 Å². The quantitative estimate of drug-likeness (QED) is 0.468. The molecule has 0 atom stereocenters. The van der Waals surface area contributed by atoms with Gasteiger partial charge in [-0.3, -0.25) is 0 Å². The fourth-order valence-electron chi connectivity index (χ4n) is 1.14. The van der Waals surface area contributed by atoms with Gasteiger partial charge in [0.2, 0.25) is 0 Å². The summed E-state index contributed by atoms with van der Waals surface area (Å²) in [6.07, 6.45) is 2.54. The summed E-state index contributed by atoms with van der Waals surface area (Å²) in [5.74, 6) is 0. The molecule has 0 aromatic rings. The lowest BCUT2D eigenvalue weighted by Crippen LogP contribution is -2.26.